The lowest BCUT2D eigenvalue weighted by Crippen LogP contribution is -2.12. The fourth-order valence-corrected chi connectivity index (χ4v) is 2.39. The molecule has 0 radical (unpaired) electrons. The second-order valence-corrected chi connectivity index (χ2v) is 4.47. The van der Waals surface area contributed by atoms with Gasteiger partial charge < -0.3 is 10.4 Å². The van der Waals surface area contributed by atoms with Gasteiger partial charge in [-0.05, 0) is 29.7 Å². The first-order valence-electron chi connectivity index (χ1n) is 5.01. The maximum absolute atomic E-state index is 9.91. The van der Waals surface area contributed by atoms with E-state index >= 15 is 0 Å². The normalized spacial score (nSPS) is 20.8. The highest BCUT2D eigenvalue weighted by atomic mass is 32.1. The molecule has 1 aliphatic heterocycles. The molecule has 2 aromatic rings. The molecule has 0 amide bonds. The minimum absolute atomic E-state index is 0.625. The molecule has 16 heavy (non-hydrogen) atoms. The van der Waals surface area contributed by atoms with Gasteiger partial charge in [-0.25, -0.2) is 4.37 Å². The van der Waals surface area contributed by atoms with E-state index in [9.17, 15) is 5.11 Å². The summed E-state index contributed by atoms with van der Waals surface area (Å²) in [6.45, 7) is 0. The van der Waals surface area contributed by atoms with Gasteiger partial charge in [0, 0.05) is 27.9 Å². The van der Waals surface area contributed by atoms with E-state index in [1.165, 1.54) is 11.5 Å². The number of para-hydroxylation sites is 1. The SMILES string of the molecule is OC1Nc2ccccc2/C1=C/c1ccns1. The Bertz CT molecular complexity index is 534. The summed E-state index contributed by atoms with van der Waals surface area (Å²) in [4.78, 5) is 1.05. The zero-order chi connectivity index (χ0) is 11.0. The molecule has 2 heterocycles. The molecular weight excluding hydrogens is 220 g/mol. The minimum atomic E-state index is -0.625. The Kier molecular flexibility index (Phi) is 2.23. The van der Waals surface area contributed by atoms with Gasteiger partial charge in [0.25, 0.3) is 0 Å². The van der Waals surface area contributed by atoms with Gasteiger partial charge in [0.2, 0.25) is 0 Å². The number of hydrogen-bond donors (Lipinski definition) is 2. The van der Waals surface area contributed by atoms with Crippen LogP contribution in [0.4, 0.5) is 5.69 Å². The number of rotatable bonds is 1. The highest BCUT2D eigenvalue weighted by molar-refractivity contribution is 7.06. The third-order valence-corrected chi connectivity index (χ3v) is 3.27. The van der Waals surface area contributed by atoms with Crippen LogP contribution in [0.5, 0.6) is 0 Å². The number of aromatic nitrogens is 1. The molecule has 1 atom stereocenters. The van der Waals surface area contributed by atoms with Crippen molar-refractivity contribution in [1.29, 1.82) is 0 Å². The smallest absolute Gasteiger partial charge is 0.151 e. The fourth-order valence-electron chi connectivity index (χ4n) is 1.84. The summed E-state index contributed by atoms with van der Waals surface area (Å²) in [6, 6.07) is 9.83. The van der Waals surface area contributed by atoms with Gasteiger partial charge in [-0.2, -0.15) is 0 Å². The Balaban J connectivity index is 2.08. The van der Waals surface area contributed by atoms with Crippen molar-refractivity contribution in [2.24, 2.45) is 0 Å². The third kappa shape index (κ3) is 1.52. The quantitative estimate of drug-likeness (QED) is 0.791. The predicted octanol–water partition coefficient (Wildman–Crippen LogP) is 2.43. The van der Waals surface area contributed by atoms with Crippen LogP contribution in [-0.4, -0.2) is 15.7 Å². The Morgan fingerprint density at radius 3 is 3.00 bits per heavy atom. The average Bonchev–Trinajstić information content (AvgIpc) is 2.89. The summed E-state index contributed by atoms with van der Waals surface area (Å²) in [7, 11) is 0. The van der Waals surface area contributed by atoms with Crippen molar-refractivity contribution in [2.45, 2.75) is 6.23 Å². The zero-order valence-corrected chi connectivity index (χ0v) is 9.24. The van der Waals surface area contributed by atoms with E-state index in [0.717, 1.165) is 21.7 Å². The van der Waals surface area contributed by atoms with Crippen LogP contribution in [0.1, 0.15) is 10.4 Å². The average molecular weight is 230 g/mol. The number of hydrogen-bond acceptors (Lipinski definition) is 4. The lowest BCUT2D eigenvalue weighted by Gasteiger charge is -2.03. The van der Waals surface area contributed by atoms with Crippen molar-refractivity contribution in [3.63, 3.8) is 0 Å². The van der Waals surface area contributed by atoms with E-state index in [4.69, 9.17) is 0 Å². The molecule has 0 spiro atoms. The summed E-state index contributed by atoms with van der Waals surface area (Å²) < 4.78 is 4.04. The summed E-state index contributed by atoms with van der Waals surface area (Å²) in [5, 5.41) is 12.9. The number of nitrogens with zero attached hydrogens (tertiary/aromatic N) is 1. The molecule has 0 fully saturated rings. The van der Waals surface area contributed by atoms with Crippen molar-refractivity contribution in [3.05, 3.63) is 47.0 Å². The van der Waals surface area contributed by atoms with Crippen LogP contribution < -0.4 is 5.32 Å². The first-order chi connectivity index (χ1) is 7.84. The summed E-state index contributed by atoms with van der Waals surface area (Å²) >= 11 is 1.42. The van der Waals surface area contributed by atoms with E-state index in [2.05, 4.69) is 9.69 Å². The lowest BCUT2D eigenvalue weighted by atomic mass is 10.1. The van der Waals surface area contributed by atoms with Crippen molar-refractivity contribution in [3.8, 4) is 0 Å². The Morgan fingerprint density at radius 2 is 2.19 bits per heavy atom. The first-order valence-corrected chi connectivity index (χ1v) is 5.78. The highest BCUT2D eigenvalue weighted by Gasteiger charge is 2.23. The standard InChI is InChI=1S/C12H10N2OS/c15-12-10(7-8-5-6-13-16-8)9-3-1-2-4-11(9)14-12/h1-7,12,14-15H/b10-7-. The van der Waals surface area contributed by atoms with Crippen LogP contribution in [0, 0.1) is 0 Å². The van der Waals surface area contributed by atoms with Crippen LogP contribution in [0.25, 0.3) is 11.6 Å². The molecule has 80 valence electrons. The number of nitrogens with one attached hydrogen (secondary N) is 1. The number of aliphatic hydroxyl groups is 1. The van der Waals surface area contributed by atoms with E-state index in [1.54, 1.807) is 6.20 Å². The number of fused-ring (bicyclic) bond motifs is 1. The molecule has 3 nitrogen and oxygen atoms in total. The van der Waals surface area contributed by atoms with E-state index in [-0.39, 0.29) is 0 Å². The van der Waals surface area contributed by atoms with Crippen LogP contribution in [0.2, 0.25) is 0 Å². The van der Waals surface area contributed by atoms with Gasteiger partial charge in [-0.1, -0.05) is 18.2 Å². The lowest BCUT2D eigenvalue weighted by molar-refractivity contribution is 0.266. The minimum Gasteiger partial charge on any atom is -0.369 e. The second kappa shape index (κ2) is 3.73. The maximum atomic E-state index is 9.91. The molecule has 0 aliphatic carbocycles. The maximum Gasteiger partial charge on any atom is 0.151 e. The molecule has 1 aliphatic rings. The third-order valence-electron chi connectivity index (χ3n) is 2.58. The summed E-state index contributed by atoms with van der Waals surface area (Å²) in [5.41, 5.74) is 2.94. The van der Waals surface area contributed by atoms with Gasteiger partial charge in [0.05, 0.1) is 0 Å². The molecule has 1 unspecified atom stereocenters. The van der Waals surface area contributed by atoms with Gasteiger partial charge in [0.15, 0.2) is 6.23 Å². The first kappa shape index (κ1) is 9.57. The van der Waals surface area contributed by atoms with E-state index in [0.29, 0.717) is 0 Å². The Labute approximate surface area is 97.2 Å². The topological polar surface area (TPSA) is 45.1 Å². The molecule has 0 saturated heterocycles. The van der Waals surface area contributed by atoms with Crippen molar-refractivity contribution >= 4 is 28.9 Å². The molecule has 4 heteroatoms. The van der Waals surface area contributed by atoms with Gasteiger partial charge >= 0.3 is 0 Å². The molecular formula is C12H10N2OS. The highest BCUT2D eigenvalue weighted by Crippen LogP contribution is 2.35. The fraction of sp³-hybridized carbons (Fsp3) is 0.0833. The summed E-state index contributed by atoms with van der Waals surface area (Å²) in [5.74, 6) is 0. The van der Waals surface area contributed by atoms with Gasteiger partial charge in [0.1, 0.15) is 0 Å². The number of benzene rings is 1. The van der Waals surface area contributed by atoms with E-state index < -0.39 is 6.23 Å². The Morgan fingerprint density at radius 1 is 1.31 bits per heavy atom. The largest absolute Gasteiger partial charge is 0.369 e. The monoisotopic (exact) mass is 230 g/mol. The van der Waals surface area contributed by atoms with Crippen LogP contribution in [-0.2, 0) is 0 Å². The van der Waals surface area contributed by atoms with Crippen LogP contribution in [0.15, 0.2) is 36.5 Å². The number of aliphatic hydroxyl groups excluding tert-OH is 1. The molecule has 0 bridgehead atoms. The van der Waals surface area contributed by atoms with E-state index in [1.807, 2.05) is 36.4 Å². The predicted molar refractivity (Wildman–Crippen MR) is 66.1 cm³/mol. The van der Waals surface area contributed by atoms with Crippen molar-refractivity contribution in [1.82, 2.24) is 4.37 Å². The van der Waals surface area contributed by atoms with Gasteiger partial charge in [-0.3, -0.25) is 0 Å². The molecule has 1 aromatic carbocycles. The number of anilines is 1. The molecule has 2 N–H and O–H groups in total. The second-order valence-electron chi connectivity index (χ2n) is 3.61. The zero-order valence-electron chi connectivity index (χ0n) is 8.42. The molecule has 0 saturated carbocycles. The molecule has 1 aromatic heterocycles. The van der Waals surface area contributed by atoms with Crippen LogP contribution >= 0.6 is 11.5 Å². The van der Waals surface area contributed by atoms with Crippen molar-refractivity contribution in [2.75, 3.05) is 5.32 Å². The molecule has 3 rings (SSSR count). The Hall–Kier alpha value is -1.65. The van der Waals surface area contributed by atoms with Gasteiger partial charge in [-0.15, -0.1) is 0 Å². The van der Waals surface area contributed by atoms with Crippen molar-refractivity contribution < 1.29 is 5.11 Å². The summed E-state index contributed by atoms with van der Waals surface area (Å²) in [6.07, 6.45) is 3.11. The van der Waals surface area contributed by atoms with Crippen LogP contribution in [0.3, 0.4) is 0 Å².